The number of rotatable bonds is 1. The highest BCUT2D eigenvalue weighted by molar-refractivity contribution is 6.06. The summed E-state index contributed by atoms with van der Waals surface area (Å²) in [5.41, 5.74) is 1.94. The molecule has 1 aromatic carbocycles. The molecule has 0 spiro atoms. The third-order valence-electron chi connectivity index (χ3n) is 2.10. The van der Waals surface area contributed by atoms with Crippen LogP contribution < -0.4 is 0 Å². The number of nitrogens with zero attached hydrogens (tertiary/aromatic N) is 1. The smallest absolute Gasteiger partial charge is 0.253 e. The maximum Gasteiger partial charge on any atom is 0.253 e. The highest BCUT2D eigenvalue weighted by Gasteiger charge is 2.18. The highest BCUT2D eigenvalue weighted by Crippen LogP contribution is 2.16. The number of hydrogen-bond acceptors (Lipinski definition) is 2. The number of amides is 1. The fourth-order valence-electron chi connectivity index (χ4n) is 1.51. The van der Waals surface area contributed by atoms with Crippen LogP contribution in [0.4, 0.5) is 0 Å². The normalized spacial score (nSPS) is 14.6. The van der Waals surface area contributed by atoms with E-state index in [0.717, 1.165) is 11.1 Å². The quantitative estimate of drug-likeness (QED) is 0.672. The van der Waals surface area contributed by atoms with E-state index in [9.17, 15) is 4.79 Å². The van der Waals surface area contributed by atoms with Gasteiger partial charge in [0.15, 0.2) is 0 Å². The summed E-state index contributed by atoms with van der Waals surface area (Å²) in [5.74, 6) is 0.325. The van der Waals surface area contributed by atoms with Crippen molar-refractivity contribution in [2.24, 2.45) is 4.99 Å². The Morgan fingerprint density at radius 1 is 1.43 bits per heavy atom. The number of ether oxygens (including phenoxy) is 1. The second kappa shape index (κ2) is 3.62. The molecule has 3 nitrogen and oxygen atoms in total. The lowest BCUT2D eigenvalue weighted by Gasteiger charge is -2.14. The first-order valence-corrected chi connectivity index (χ1v) is 4.64. The van der Waals surface area contributed by atoms with Gasteiger partial charge >= 0.3 is 0 Å². The molecule has 72 valence electrons. The Balaban J connectivity index is 2.44. The van der Waals surface area contributed by atoms with Gasteiger partial charge in [0.05, 0.1) is 13.0 Å². The second-order valence-electron chi connectivity index (χ2n) is 3.08. The van der Waals surface area contributed by atoms with Gasteiger partial charge in [-0.05, 0) is 18.6 Å². The summed E-state index contributed by atoms with van der Waals surface area (Å²) < 4.78 is 5.31. The van der Waals surface area contributed by atoms with E-state index in [-0.39, 0.29) is 5.91 Å². The number of benzene rings is 1. The molecular formula is C11H11NO2. The number of fused-ring (bicyclic) bond motifs is 1. The van der Waals surface area contributed by atoms with E-state index in [1.165, 1.54) is 0 Å². The fraction of sp³-hybridized carbons (Fsp3) is 0.273. The molecule has 0 radical (unpaired) electrons. The van der Waals surface area contributed by atoms with Crippen molar-refractivity contribution in [2.75, 3.05) is 6.61 Å². The summed E-state index contributed by atoms with van der Waals surface area (Å²) in [6, 6.07) is 7.70. The van der Waals surface area contributed by atoms with Gasteiger partial charge in [0, 0.05) is 5.56 Å². The minimum absolute atomic E-state index is 0.132. The molecule has 0 bridgehead atoms. The first-order chi connectivity index (χ1) is 6.81. The van der Waals surface area contributed by atoms with Crippen LogP contribution in [0.2, 0.25) is 0 Å². The van der Waals surface area contributed by atoms with Gasteiger partial charge in [-0.15, -0.1) is 0 Å². The van der Waals surface area contributed by atoms with E-state index >= 15 is 0 Å². The van der Waals surface area contributed by atoms with E-state index in [4.69, 9.17) is 4.74 Å². The average molecular weight is 189 g/mol. The molecule has 0 atom stereocenters. The van der Waals surface area contributed by atoms with Crippen LogP contribution in [-0.4, -0.2) is 18.4 Å². The van der Waals surface area contributed by atoms with Crippen LogP contribution in [-0.2, 0) is 16.0 Å². The minimum Gasteiger partial charge on any atom is -0.477 e. The first-order valence-electron chi connectivity index (χ1n) is 4.64. The standard InChI is InChI=1S/C11H11NO2/c1-2-14-11-9-6-4-3-5-8(9)7-10(13)12-11/h3-6H,2,7H2,1H3. The molecule has 3 heteroatoms. The lowest BCUT2D eigenvalue weighted by atomic mass is 10.0. The molecule has 14 heavy (non-hydrogen) atoms. The van der Waals surface area contributed by atoms with Crippen molar-refractivity contribution in [3.8, 4) is 0 Å². The molecule has 1 aliphatic rings. The summed E-state index contributed by atoms with van der Waals surface area (Å²) in [7, 11) is 0. The van der Waals surface area contributed by atoms with Gasteiger partial charge in [-0.3, -0.25) is 4.79 Å². The van der Waals surface area contributed by atoms with Crippen LogP contribution in [0.1, 0.15) is 18.1 Å². The summed E-state index contributed by atoms with van der Waals surface area (Å²) in [6.45, 7) is 2.41. The van der Waals surface area contributed by atoms with Crippen molar-refractivity contribution in [3.05, 3.63) is 35.4 Å². The van der Waals surface area contributed by atoms with Crippen molar-refractivity contribution in [2.45, 2.75) is 13.3 Å². The third kappa shape index (κ3) is 1.53. The van der Waals surface area contributed by atoms with Gasteiger partial charge in [-0.25, -0.2) is 0 Å². The van der Waals surface area contributed by atoms with E-state index in [0.29, 0.717) is 18.9 Å². The second-order valence-corrected chi connectivity index (χ2v) is 3.08. The number of carbonyl (C=O) groups excluding carboxylic acids is 1. The van der Waals surface area contributed by atoms with Crippen molar-refractivity contribution < 1.29 is 9.53 Å². The Kier molecular flexibility index (Phi) is 2.31. The van der Waals surface area contributed by atoms with Gasteiger partial charge in [0.25, 0.3) is 5.91 Å². The lowest BCUT2D eigenvalue weighted by molar-refractivity contribution is -0.117. The Morgan fingerprint density at radius 2 is 2.21 bits per heavy atom. The molecule has 0 unspecified atom stereocenters. The predicted molar refractivity (Wildman–Crippen MR) is 53.3 cm³/mol. The third-order valence-corrected chi connectivity index (χ3v) is 2.10. The molecule has 0 N–H and O–H groups in total. The van der Waals surface area contributed by atoms with Crippen LogP contribution in [0.25, 0.3) is 0 Å². The zero-order valence-corrected chi connectivity index (χ0v) is 7.99. The molecule has 0 fully saturated rings. The maximum atomic E-state index is 11.2. The van der Waals surface area contributed by atoms with Gasteiger partial charge in [0.2, 0.25) is 5.90 Å². The average Bonchev–Trinajstić information content (AvgIpc) is 2.18. The number of aliphatic imine (C=N–C) groups is 1. The van der Waals surface area contributed by atoms with Crippen molar-refractivity contribution in [1.82, 2.24) is 0 Å². The Bertz CT molecular complexity index is 396. The lowest BCUT2D eigenvalue weighted by Crippen LogP contribution is -2.19. The molecule has 1 aromatic rings. The topological polar surface area (TPSA) is 38.7 Å². The summed E-state index contributed by atoms with van der Waals surface area (Å²) in [4.78, 5) is 15.1. The van der Waals surface area contributed by atoms with Crippen LogP contribution in [0.15, 0.2) is 29.3 Å². The molecule has 0 aromatic heterocycles. The van der Waals surface area contributed by atoms with Gasteiger partial charge < -0.3 is 4.74 Å². The summed E-state index contributed by atoms with van der Waals surface area (Å²) in [6.07, 6.45) is 0.382. The van der Waals surface area contributed by atoms with E-state index in [1.807, 2.05) is 31.2 Å². The SMILES string of the molecule is CCOC1=NC(=O)Cc2ccccc21. The van der Waals surface area contributed by atoms with E-state index in [2.05, 4.69) is 4.99 Å². The molecule has 1 amide bonds. The van der Waals surface area contributed by atoms with Crippen LogP contribution in [0.3, 0.4) is 0 Å². The zero-order chi connectivity index (χ0) is 9.97. The molecule has 0 aliphatic carbocycles. The van der Waals surface area contributed by atoms with Gasteiger partial charge in [-0.2, -0.15) is 4.99 Å². The largest absolute Gasteiger partial charge is 0.477 e. The van der Waals surface area contributed by atoms with Crippen molar-refractivity contribution in [1.29, 1.82) is 0 Å². The zero-order valence-electron chi connectivity index (χ0n) is 7.99. The number of hydrogen-bond donors (Lipinski definition) is 0. The van der Waals surface area contributed by atoms with Gasteiger partial charge in [-0.1, -0.05) is 18.2 Å². The van der Waals surface area contributed by atoms with E-state index < -0.39 is 0 Å². The Morgan fingerprint density at radius 3 is 3.00 bits per heavy atom. The molecule has 0 saturated carbocycles. The molecule has 2 rings (SSSR count). The van der Waals surface area contributed by atoms with E-state index in [1.54, 1.807) is 0 Å². The van der Waals surface area contributed by atoms with Gasteiger partial charge in [0.1, 0.15) is 0 Å². The monoisotopic (exact) mass is 189 g/mol. The van der Waals surface area contributed by atoms with Crippen LogP contribution in [0.5, 0.6) is 0 Å². The molecule has 1 heterocycles. The predicted octanol–water partition coefficient (Wildman–Crippen LogP) is 1.55. The minimum atomic E-state index is -0.132. The molecular weight excluding hydrogens is 178 g/mol. The maximum absolute atomic E-state index is 11.2. The van der Waals surface area contributed by atoms with Crippen molar-refractivity contribution in [3.63, 3.8) is 0 Å². The summed E-state index contributed by atoms with van der Waals surface area (Å²) >= 11 is 0. The Labute approximate surface area is 82.4 Å². The fourth-order valence-corrected chi connectivity index (χ4v) is 1.51. The molecule has 1 aliphatic heterocycles. The van der Waals surface area contributed by atoms with Crippen LogP contribution >= 0.6 is 0 Å². The van der Waals surface area contributed by atoms with Crippen molar-refractivity contribution >= 4 is 11.8 Å². The Hall–Kier alpha value is -1.64. The summed E-state index contributed by atoms with van der Waals surface area (Å²) in [5, 5.41) is 0. The first kappa shape index (κ1) is 8.94. The molecule has 0 saturated heterocycles. The number of carbonyl (C=O) groups is 1. The highest BCUT2D eigenvalue weighted by atomic mass is 16.5. The van der Waals surface area contributed by atoms with Crippen LogP contribution in [0, 0.1) is 0 Å².